The van der Waals surface area contributed by atoms with Gasteiger partial charge in [-0.2, -0.15) is 0 Å². The Hall–Kier alpha value is -1.10. The molecule has 0 bridgehead atoms. The number of nitrogens with zero attached hydrogens (tertiary/aromatic N) is 2. The van der Waals surface area contributed by atoms with Crippen molar-refractivity contribution in [3.63, 3.8) is 0 Å². The Balaban J connectivity index is 2.22. The van der Waals surface area contributed by atoms with E-state index in [1.807, 2.05) is 37.2 Å². The van der Waals surface area contributed by atoms with Crippen LogP contribution in [0.5, 0.6) is 0 Å². The van der Waals surface area contributed by atoms with Gasteiger partial charge in [-0.3, -0.25) is 0 Å². The second-order valence-electron chi connectivity index (χ2n) is 3.89. The van der Waals surface area contributed by atoms with Crippen molar-refractivity contribution < 1.29 is 5.11 Å². The summed E-state index contributed by atoms with van der Waals surface area (Å²) in [4.78, 5) is 7.01. The Morgan fingerprint density at radius 3 is 2.53 bits per heavy atom. The van der Waals surface area contributed by atoms with E-state index in [4.69, 9.17) is 11.6 Å². The fraction of sp³-hybridized carbons (Fsp3) is 0.250. The first-order valence-electron chi connectivity index (χ1n) is 5.14. The molecule has 0 aromatic carbocycles. The Bertz CT molecular complexity index is 495. The van der Waals surface area contributed by atoms with Crippen molar-refractivity contribution >= 4 is 28.8 Å². The Morgan fingerprint density at radius 1 is 1.29 bits per heavy atom. The number of halogens is 1. The molecule has 2 heterocycles. The molecule has 3 nitrogen and oxygen atoms in total. The third-order valence-corrected chi connectivity index (χ3v) is 3.69. The molecule has 0 fully saturated rings. The molecule has 0 aliphatic rings. The summed E-state index contributed by atoms with van der Waals surface area (Å²) in [6.07, 6.45) is 1.03. The Kier molecular flexibility index (Phi) is 3.66. The second-order valence-corrected chi connectivity index (χ2v) is 5.64. The topological polar surface area (TPSA) is 36.4 Å². The summed E-state index contributed by atoms with van der Waals surface area (Å²) in [5, 5.41) is 10.1. The van der Waals surface area contributed by atoms with E-state index in [2.05, 4.69) is 4.98 Å². The number of aromatic nitrogens is 1. The molecule has 1 N–H and O–H groups in total. The van der Waals surface area contributed by atoms with Crippen LogP contribution < -0.4 is 4.90 Å². The zero-order chi connectivity index (χ0) is 12.4. The van der Waals surface area contributed by atoms with Crippen molar-refractivity contribution in [1.29, 1.82) is 0 Å². The molecule has 2 aromatic heterocycles. The van der Waals surface area contributed by atoms with Crippen LogP contribution in [0.2, 0.25) is 4.34 Å². The van der Waals surface area contributed by atoms with E-state index < -0.39 is 6.10 Å². The molecule has 0 radical (unpaired) electrons. The number of thiophene rings is 1. The molecule has 0 aliphatic carbocycles. The van der Waals surface area contributed by atoms with Gasteiger partial charge in [-0.25, -0.2) is 4.98 Å². The number of hydrogen-bond donors (Lipinski definition) is 1. The summed E-state index contributed by atoms with van der Waals surface area (Å²) < 4.78 is 0.678. The largest absolute Gasteiger partial charge is 0.383 e. The van der Waals surface area contributed by atoms with Gasteiger partial charge >= 0.3 is 0 Å². The van der Waals surface area contributed by atoms with Crippen LogP contribution >= 0.6 is 22.9 Å². The minimum absolute atomic E-state index is 0.656. The highest BCUT2D eigenvalue weighted by molar-refractivity contribution is 7.16. The van der Waals surface area contributed by atoms with Crippen LogP contribution in [0, 0.1) is 0 Å². The standard InChI is InChI=1S/C12H13ClN2OS/c1-15(2)11-6-3-8(7-14-11)12(16)9-4-5-10(13)17-9/h3-7,12,16H,1-2H3. The molecule has 1 unspecified atom stereocenters. The van der Waals surface area contributed by atoms with Gasteiger partial charge in [-0.1, -0.05) is 17.7 Å². The number of aliphatic hydroxyl groups excluding tert-OH is 1. The average Bonchev–Trinajstić information content (AvgIpc) is 2.75. The van der Waals surface area contributed by atoms with Gasteiger partial charge in [0.05, 0.1) is 4.34 Å². The summed E-state index contributed by atoms with van der Waals surface area (Å²) in [6, 6.07) is 7.37. The zero-order valence-corrected chi connectivity index (χ0v) is 11.2. The summed E-state index contributed by atoms with van der Waals surface area (Å²) in [7, 11) is 3.86. The van der Waals surface area contributed by atoms with Crippen LogP contribution in [-0.4, -0.2) is 24.2 Å². The molecule has 17 heavy (non-hydrogen) atoms. The van der Waals surface area contributed by atoms with E-state index in [0.717, 1.165) is 16.3 Å². The number of pyridine rings is 1. The van der Waals surface area contributed by atoms with Crippen molar-refractivity contribution in [2.75, 3.05) is 19.0 Å². The van der Waals surface area contributed by atoms with Gasteiger partial charge in [-0.05, 0) is 18.2 Å². The first kappa shape index (κ1) is 12.4. The molecule has 2 aromatic rings. The van der Waals surface area contributed by atoms with Gasteiger partial charge in [0.25, 0.3) is 0 Å². The molecule has 0 saturated carbocycles. The van der Waals surface area contributed by atoms with Crippen molar-refractivity contribution in [3.8, 4) is 0 Å². The minimum Gasteiger partial charge on any atom is -0.383 e. The SMILES string of the molecule is CN(C)c1ccc(C(O)c2ccc(Cl)s2)cn1. The van der Waals surface area contributed by atoms with E-state index in [0.29, 0.717) is 4.34 Å². The van der Waals surface area contributed by atoms with Gasteiger partial charge < -0.3 is 10.0 Å². The average molecular weight is 269 g/mol. The quantitative estimate of drug-likeness (QED) is 0.930. The lowest BCUT2D eigenvalue weighted by Crippen LogP contribution is -2.10. The van der Waals surface area contributed by atoms with Gasteiger partial charge in [-0.15, -0.1) is 11.3 Å². The van der Waals surface area contributed by atoms with Crippen LogP contribution in [0.4, 0.5) is 5.82 Å². The monoisotopic (exact) mass is 268 g/mol. The molecule has 5 heteroatoms. The lowest BCUT2D eigenvalue weighted by molar-refractivity contribution is 0.224. The third-order valence-electron chi connectivity index (χ3n) is 2.41. The van der Waals surface area contributed by atoms with Crippen molar-refractivity contribution in [2.24, 2.45) is 0 Å². The highest BCUT2D eigenvalue weighted by Crippen LogP contribution is 2.30. The molecule has 90 valence electrons. The van der Waals surface area contributed by atoms with Crippen LogP contribution in [0.25, 0.3) is 0 Å². The summed E-state index contributed by atoms with van der Waals surface area (Å²) in [5.41, 5.74) is 0.772. The summed E-state index contributed by atoms with van der Waals surface area (Å²) in [5.74, 6) is 0.866. The van der Waals surface area contributed by atoms with Crippen LogP contribution in [-0.2, 0) is 0 Å². The maximum atomic E-state index is 10.1. The van der Waals surface area contributed by atoms with Gasteiger partial charge in [0.2, 0.25) is 0 Å². The number of aliphatic hydroxyl groups is 1. The van der Waals surface area contributed by atoms with E-state index in [1.54, 1.807) is 12.3 Å². The molecule has 0 spiro atoms. The van der Waals surface area contributed by atoms with Gasteiger partial charge in [0, 0.05) is 30.7 Å². The van der Waals surface area contributed by atoms with Crippen LogP contribution in [0.3, 0.4) is 0 Å². The lowest BCUT2D eigenvalue weighted by Gasteiger charge is -2.13. The minimum atomic E-state index is -0.656. The van der Waals surface area contributed by atoms with E-state index >= 15 is 0 Å². The number of rotatable bonds is 3. The summed E-state index contributed by atoms with van der Waals surface area (Å²) >= 11 is 7.22. The maximum absolute atomic E-state index is 10.1. The van der Waals surface area contributed by atoms with Gasteiger partial charge in [0.15, 0.2) is 0 Å². The smallest absolute Gasteiger partial charge is 0.127 e. The second kappa shape index (κ2) is 5.04. The van der Waals surface area contributed by atoms with Crippen LogP contribution in [0.15, 0.2) is 30.5 Å². The van der Waals surface area contributed by atoms with Crippen molar-refractivity contribution in [1.82, 2.24) is 4.98 Å². The predicted octanol–water partition coefficient (Wildman–Crippen LogP) is 2.94. The molecule has 0 saturated heterocycles. The van der Waals surface area contributed by atoms with Crippen molar-refractivity contribution in [3.05, 3.63) is 45.2 Å². The lowest BCUT2D eigenvalue weighted by atomic mass is 10.1. The van der Waals surface area contributed by atoms with E-state index in [1.165, 1.54) is 11.3 Å². The Labute approximate surface area is 109 Å². The fourth-order valence-corrected chi connectivity index (χ4v) is 2.54. The molecule has 0 aliphatic heterocycles. The first-order valence-corrected chi connectivity index (χ1v) is 6.34. The number of anilines is 1. The zero-order valence-electron chi connectivity index (χ0n) is 9.59. The van der Waals surface area contributed by atoms with Gasteiger partial charge in [0.1, 0.15) is 11.9 Å². The maximum Gasteiger partial charge on any atom is 0.127 e. The fourth-order valence-electron chi connectivity index (χ4n) is 1.46. The predicted molar refractivity (Wildman–Crippen MR) is 72.0 cm³/mol. The van der Waals surface area contributed by atoms with E-state index in [-0.39, 0.29) is 0 Å². The van der Waals surface area contributed by atoms with Crippen molar-refractivity contribution in [2.45, 2.75) is 6.10 Å². The number of hydrogen-bond acceptors (Lipinski definition) is 4. The van der Waals surface area contributed by atoms with Crippen LogP contribution in [0.1, 0.15) is 16.5 Å². The molecule has 0 amide bonds. The normalized spacial score (nSPS) is 12.5. The van der Waals surface area contributed by atoms with E-state index in [9.17, 15) is 5.11 Å². The summed E-state index contributed by atoms with van der Waals surface area (Å²) in [6.45, 7) is 0. The molecular formula is C12H13ClN2OS. The highest BCUT2D eigenvalue weighted by atomic mass is 35.5. The molecule has 1 atom stereocenters. The Morgan fingerprint density at radius 2 is 2.06 bits per heavy atom. The first-order chi connectivity index (χ1) is 8.08. The molecule has 2 rings (SSSR count). The molecular weight excluding hydrogens is 256 g/mol. The third kappa shape index (κ3) is 2.77. The highest BCUT2D eigenvalue weighted by Gasteiger charge is 2.13.